The fourth-order valence-corrected chi connectivity index (χ4v) is 8.23. The summed E-state index contributed by atoms with van der Waals surface area (Å²) < 4.78 is 0. The fourth-order valence-electron chi connectivity index (χ4n) is 8.23. The van der Waals surface area contributed by atoms with Gasteiger partial charge in [-0.3, -0.25) is 4.79 Å². The molecule has 4 rings (SSSR count). The summed E-state index contributed by atoms with van der Waals surface area (Å²) >= 11 is 0. The van der Waals surface area contributed by atoms with Crippen LogP contribution in [0.2, 0.25) is 0 Å². The first kappa shape index (κ1) is 26.0. The molecule has 0 radical (unpaired) electrons. The molecule has 0 saturated heterocycles. The van der Waals surface area contributed by atoms with Gasteiger partial charge in [0.15, 0.2) is 5.78 Å². The molecule has 0 aliphatic heterocycles. The van der Waals surface area contributed by atoms with Crippen molar-refractivity contribution in [2.24, 2.45) is 34.5 Å². The second-order valence-electron chi connectivity index (χ2n) is 12.9. The molecule has 0 aromatic heterocycles. The van der Waals surface area contributed by atoms with E-state index in [2.05, 4.69) is 6.58 Å². The van der Waals surface area contributed by atoms with Crippen LogP contribution in [-0.4, -0.2) is 60.8 Å². The lowest BCUT2D eigenvalue weighted by Crippen LogP contribution is -2.62. The summed E-state index contributed by atoms with van der Waals surface area (Å²) in [7, 11) is 0. The summed E-state index contributed by atoms with van der Waals surface area (Å²) in [6, 6.07) is 0. The molecule has 4 aliphatic rings. The molecular formula is C28H44O6. The molecular weight excluding hydrogens is 432 g/mol. The van der Waals surface area contributed by atoms with Gasteiger partial charge in [0.1, 0.15) is 0 Å². The fraction of sp³-hybridized carbons (Fsp3) is 0.821. The molecule has 0 bridgehead atoms. The smallest absolute Gasteiger partial charge is 0.159 e. The average Bonchev–Trinajstić information content (AvgIpc) is 3.02. The summed E-state index contributed by atoms with van der Waals surface area (Å²) in [6.45, 7) is 13.8. The van der Waals surface area contributed by atoms with Crippen molar-refractivity contribution in [3.63, 3.8) is 0 Å². The van der Waals surface area contributed by atoms with Gasteiger partial charge in [-0.05, 0) is 86.7 Å². The third-order valence-electron chi connectivity index (χ3n) is 10.8. The Labute approximate surface area is 203 Å². The van der Waals surface area contributed by atoms with Crippen LogP contribution in [0.25, 0.3) is 0 Å². The van der Waals surface area contributed by atoms with Crippen molar-refractivity contribution >= 4 is 5.78 Å². The second-order valence-corrected chi connectivity index (χ2v) is 12.9. The van der Waals surface area contributed by atoms with Gasteiger partial charge in [0.05, 0.1) is 29.5 Å². The summed E-state index contributed by atoms with van der Waals surface area (Å²) in [5, 5.41) is 55.6. The second kappa shape index (κ2) is 8.24. The standard InChI is InChI=1S/C28H44O6/c1-15(2)16(3)11-24(32)27(6,33)23-8-10-28(34)18-12-20(29)19-13-21(30)22(31)14-25(19,4)17(18)7-9-26(23,28)5/h12,15,17,19,21-24,30-34H,3,7-11,13-14H2,1-2,4-6H3. The minimum absolute atomic E-state index is 0.0650. The average molecular weight is 477 g/mol. The van der Waals surface area contributed by atoms with Crippen LogP contribution in [0, 0.1) is 34.5 Å². The maximum Gasteiger partial charge on any atom is 0.159 e. The number of aliphatic hydroxyl groups excluding tert-OH is 3. The molecule has 3 saturated carbocycles. The third-order valence-corrected chi connectivity index (χ3v) is 10.8. The molecule has 3 fully saturated rings. The molecule has 10 atom stereocenters. The van der Waals surface area contributed by atoms with Crippen molar-refractivity contribution in [3.8, 4) is 0 Å². The van der Waals surface area contributed by atoms with Gasteiger partial charge in [0.2, 0.25) is 0 Å². The van der Waals surface area contributed by atoms with Crippen molar-refractivity contribution in [2.45, 2.75) is 109 Å². The van der Waals surface area contributed by atoms with Crippen LogP contribution < -0.4 is 0 Å². The van der Waals surface area contributed by atoms with Gasteiger partial charge in [-0.1, -0.05) is 39.8 Å². The van der Waals surface area contributed by atoms with E-state index in [4.69, 9.17) is 0 Å². The zero-order valence-corrected chi connectivity index (χ0v) is 21.4. The predicted molar refractivity (Wildman–Crippen MR) is 130 cm³/mol. The van der Waals surface area contributed by atoms with Gasteiger partial charge < -0.3 is 25.5 Å². The summed E-state index contributed by atoms with van der Waals surface area (Å²) in [4.78, 5) is 13.3. The lowest BCUT2D eigenvalue weighted by atomic mass is 9.45. The van der Waals surface area contributed by atoms with Gasteiger partial charge >= 0.3 is 0 Å². The molecule has 6 nitrogen and oxygen atoms in total. The maximum absolute atomic E-state index is 13.3. The first-order valence-corrected chi connectivity index (χ1v) is 13.0. The van der Waals surface area contributed by atoms with Crippen molar-refractivity contribution in [1.82, 2.24) is 0 Å². The number of ketones is 1. The SMILES string of the molecule is C=C(CC(O)C(C)(O)C1CCC2(O)C3=CC(=O)C4CC(O)C(O)CC4(C)C3CCC12C)C(C)C. The van der Waals surface area contributed by atoms with E-state index in [0.717, 1.165) is 17.6 Å². The van der Waals surface area contributed by atoms with Crippen LogP contribution in [0.1, 0.15) is 79.6 Å². The van der Waals surface area contributed by atoms with E-state index < -0.39 is 40.3 Å². The molecule has 5 N–H and O–H groups in total. The van der Waals surface area contributed by atoms with Crippen molar-refractivity contribution in [2.75, 3.05) is 0 Å². The van der Waals surface area contributed by atoms with E-state index in [9.17, 15) is 30.3 Å². The van der Waals surface area contributed by atoms with Crippen molar-refractivity contribution < 1.29 is 30.3 Å². The van der Waals surface area contributed by atoms with E-state index in [1.54, 1.807) is 13.0 Å². The van der Waals surface area contributed by atoms with Crippen molar-refractivity contribution in [3.05, 3.63) is 23.8 Å². The Kier molecular flexibility index (Phi) is 6.31. The molecule has 0 aromatic carbocycles. The molecule has 4 aliphatic carbocycles. The zero-order valence-electron chi connectivity index (χ0n) is 21.4. The first-order chi connectivity index (χ1) is 15.6. The number of aliphatic hydroxyl groups is 5. The zero-order chi connectivity index (χ0) is 25.4. The molecule has 0 aromatic rings. The van der Waals surface area contributed by atoms with E-state index in [-0.39, 0.29) is 35.9 Å². The Morgan fingerprint density at radius 1 is 1.18 bits per heavy atom. The lowest BCUT2D eigenvalue weighted by Gasteiger charge is -2.60. The van der Waals surface area contributed by atoms with Crippen LogP contribution in [0.3, 0.4) is 0 Å². The highest BCUT2D eigenvalue weighted by atomic mass is 16.3. The monoisotopic (exact) mass is 476 g/mol. The van der Waals surface area contributed by atoms with Crippen molar-refractivity contribution in [1.29, 1.82) is 0 Å². The van der Waals surface area contributed by atoms with Gasteiger partial charge in [-0.2, -0.15) is 0 Å². The Balaban J connectivity index is 1.68. The van der Waals surface area contributed by atoms with Crippen LogP contribution in [0.4, 0.5) is 0 Å². The van der Waals surface area contributed by atoms with Gasteiger partial charge in [0, 0.05) is 11.3 Å². The minimum atomic E-state index is -1.42. The topological polar surface area (TPSA) is 118 Å². The van der Waals surface area contributed by atoms with Gasteiger partial charge in [-0.15, -0.1) is 0 Å². The molecule has 6 heteroatoms. The predicted octanol–water partition coefficient (Wildman–Crippen LogP) is 2.91. The quantitative estimate of drug-likeness (QED) is 0.390. The number of hydrogen-bond acceptors (Lipinski definition) is 6. The number of hydrogen-bond donors (Lipinski definition) is 5. The van der Waals surface area contributed by atoms with E-state index >= 15 is 0 Å². The molecule has 192 valence electrons. The number of fused-ring (bicyclic) bond motifs is 5. The number of carbonyl (C=O) groups is 1. The number of rotatable bonds is 5. The van der Waals surface area contributed by atoms with Crippen LogP contribution in [-0.2, 0) is 4.79 Å². The lowest BCUT2D eigenvalue weighted by molar-refractivity contribution is -0.175. The summed E-state index contributed by atoms with van der Waals surface area (Å²) in [5.41, 5.74) is -2.29. The highest BCUT2D eigenvalue weighted by Gasteiger charge is 2.69. The number of carbonyl (C=O) groups excluding carboxylic acids is 1. The van der Waals surface area contributed by atoms with E-state index in [1.165, 1.54) is 0 Å². The highest BCUT2D eigenvalue weighted by molar-refractivity contribution is 5.95. The van der Waals surface area contributed by atoms with Crippen LogP contribution in [0.5, 0.6) is 0 Å². The van der Waals surface area contributed by atoms with Gasteiger partial charge in [0.25, 0.3) is 0 Å². The molecule has 0 amide bonds. The normalized spacial score (nSPS) is 46.7. The first-order valence-electron chi connectivity index (χ1n) is 13.0. The summed E-state index contributed by atoms with van der Waals surface area (Å²) in [6.07, 6.45) is 2.07. The third kappa shape index (κ3) is 3.51. The molecule has 34 heavy (non-hydrogen) atoms. The molecule has 0 heterocycles. The minimum Gasteiger partial charge on any atom is -0.390 e. The highest BCUT2D eigenvalue weighted by Crippen LogP contribution is 2.68. The maximum atomic E-state index is 13.3. The molecule has 10 unspecified atom stereocenters. The largest absolute Gasteiger partial charge is 0.390 e. The van der Waals surface area contributed by atoms with Crippen LogP contribution in [0.15, 0.2) is 23.8 Å². The summed E-state index contributed by atoms with van der Waals surface area (Å²) in [5.74, 6) is -0.656. The van der Waals surface area contributed by atoms with E-state index in [1.807, 2.05) is 27.7 Å². The van der Waals surface area contributed by atoms with Crippen LogP contribution >= 0.6 is 0 Å². The Morgan fingerprint density at radius 2 is 1.82 bits per heavy atom. The Morgan fingerprint density at radius 3 is 2.44 bits per heavy atom. The Bertz CT molecular complexity index is 891. The number of allylic oxidation sites excluding steroid dienone is 1. The Hall–Kier alpha value is -1.05. The van der Waals surface area contributed by atoms with Gasteiger partial charge in [-0.25, -0.2) is 0 Å². The van der Waals surface area contributed by atoms with E-state index in [0.29, 0.717) is 32.1 Å². The molecule has 0 spiro atoms.